The van der Waals surface area contributed by atoms with Crippen molar-refractivity contribution < 1.29 is 8.89 Å². The van der Waals surface area contributed by atoms with E-state index in [1.165, 1.54) is 27.5 Å². The smallest absolute Gasteiger partial charge is 0.239 e. The molecule has 0 fully saturated rings. The average molecular weight is 162 g/mol. The van der Waals surface area contributed by atoms with E-state index in [9.17, 15) is 0 Å². The zero-order valence-electron chi connectivity index (χ0n) is 7.68. The van der Waals surface area contributed by atoms with Crippen LogP contribution in [0.15, 0.2) is 0 Å². The van der Waals surface area contributed by atoms with Gasteiger partial charge in [-0.3, -0.25) is 0 Å². The van der Waals surface area contributed by atoms with Gasteiger partial charge in [-0.2, -0.15) is 0 Å². The van der Waals surface area contributed by atoms with Gasteiger partial charge < -0.3 is 8.89 Å². The number of quaternary nitrogens is 1. The Kier molecular flexibility index (Phi) is 4.94. The van der Waals surface area contributed by atoms with Crippen molar-refractivity contribution in [3.63, 3.8) is 0 Å². The summed E-state index contributed by atoms with van der Waals surface area (Å²) in [7, 11) is 5.75. The third kappa shape index (κ3) is 8.14. The van der Waals surface area contributed by atoms with E-state index < -0.39 is 0 Å². The highest BCUT2D eigenvalue weighted by atomic mass is 28.2. The van der Waals surface area contributed by atoms with E-state index in [0.29, 0.717) is 0 Å². The lowest BCUT2D eigenvalue weighted by molar-refractivity contribution is -0.773. The van der Waals surface area contributed by atoms with Crippen LogP contribution in [0.25, 0.3) is 0 Å². The van der Waals surface area contributed by atoms with E-state index in [2.05, 4.69) is 14.1 Å². The lowest BCUT2D eigenvalue weighted by atomic mass is 10.4. The molecule has 62 valence electrons. The van der Waals surface area contributed by atoms with Gasteiger partial charge in [0.2, 0.25) is 10.4 Å². The Balaban J connectivity index is 3.04. The molecule has 10 heavy (non-hydrogen) atoms. The molecule has 0 saturated heterocycles. The number of hydrogen-bond donors (Lipinski definition) is 0. The Bertz CT molecular complexity index is 80.2. The summed E-state index contributed by atoms with van der Waals surface area (Å²) in [4.78, 5) is 0. The summed E-state index contributed by atoms with van der Waals surface area (Å²) in [6.07, 6.45) is 1.20. The van der Waals surface area contributed by atoms with Crippen LogP contribution in [0.4, 0.5) is 0 Å². The molecule has 0 heterocycles. The molecule has 0 N–H and O–H groups in total. The van der Waals surface area contributed by atoms with Crippen LogP contribution in [0.5, 0.6) is 0 Å². The van der Waals surface area contributed by atoms with Crippen molar-refractivity contribution in [3.05, 3.63) is 0 Å². The van der Waals surface area contributed by atoms with E-state index in [0.717, 1.165) is 13.2 Å². The van der Waals surface area contributed by atoms with Crippen molar-refractivity contribution in [3.8, 4) is 0 Å². The number of nitrogens with zero attached hydrogens (tertiary/aromatic N) is 1. The highest BCUT2D eigenvalue weighted by Gasteiger charge is 2.03. The molecule has 0 spiro atoms. The Morgan fingerprint density at radius 2 is 2.00 bits per heavy atom. The Hall–Kier alpha value is 0.137. The van der Waals surface area contributed by atoms with Gasteiger partial charge in [-0.1, -0.05) is 0 Å². The maximum absolute atomic E-state index is 5.23. The molecule has 0 bridgehead atoms. The van der Waals surface area contributed by atoms with E-state index in [1.807, 2.05) is 6.92 Å². The van der Waals surface area contributed by atoms with E-state index in [4.69, 9.17) is 4.74 Å². The zero-order valence-corrected chi connectivity index (χ0v) is 9.68. The van der Waals surface area contributed by atoms with Gasteiger partial charge in [-0.05, 0) is 6.92 Å². The molecule has 0 aliphatic carbocycles. The summed E-state index contributed by atoms with van der Waals surface area (Å²) >= 11 is 0. The van der Waals surface area contributed by atoms with Crippen LogP contribution in [-0.2, 0) is 4.74 Å². The van der Waals surface area contributed by atoms with Crippen LogP contribution >= 0.6 is 0 Å². The van der Waals surface area contributed by atoms with Crippen LogP contribution in [0.2, 0.25) is 0 Å². The van der Waals surface area contributed by atoms with Crippen molar-refractivity contribution in [2.45, 2.75) is 13.3 Å². The van der Waals surface area contributed by atoms with Gasteiger partial charge in [0, 0.05) is 13.0 Å². The van der Waals surface area contributed by atoms with Crippen LogP contribution < -0.4 is 0 Å². The van der Waals surface area contributed by atoms with Crippen molar-refractivity contribution in [1.29, 1.82) is 0 Å². The highest BCUT2D eigenvalue weighted by molar-refractivity contribution is 5.97. The SMILES string of the molecule is CCOCCC[N+](C)(C)[SiH3]. The minimum absolute atomic E-state index is 0.856. The molecule has 3 heteroatoms. The average Bonchev–Trinajstić information content (AvgIpc) is 1.78. The molecular formula is C7H20NOSi+. The molecule has 0 aromatic rings. The second kappa shape index (κ2) is 4.88. The standard InChI is InChI=1S/C7H20NOSi/c1-4-9-7-5-6-8(2,3)10/h4-7H2,1-3,10H3/q+1. The first-order valence-electron chi connectivity index (χ1n) is 3.94. The zero-order chi connectivity index (χ0) is 8.04. The van der Waals surface area contributed by atoms with Crippen molar-refractivity contribution in [2.24, 2.45) is 0 Å². The molecule has 2 nitrogen and oxygen atoms in total. The fourth-order valence-electron chi connectivity index (χ4n) is 0.785. The van der Waals surface area contributed by atoms with E-state index in [-0.39, 0.29) is 0 Å². The van der Waals surface area contributed by atoms with Crippen LogP contribution in [0.3, 0.4) is 0 Å². The topological polar surface area (TPSA) is 9.23 Å². The van der Waals surface area contributed by atoms with E-state index >= 15 is 0 Å². The molecule has 0 unspecified atom stereocenters. The minimum atomic E-state index is 0.856. The molecule has 0 atom stereocenters. The molecule has 0 radical (unpaired) electrons. The number of ether oxygens (including phenoxy) is 1. The van der Waals surface area contributed by atoms with Crippen molar-refractivity contribution >= 4 is 10.4 Å². The number of hydrogen-bond acceptors (Lipinski definition) is 1. The quantitative estimate of drug-likeness (QED) is 0.401. The second-order valence-electron chi connectivity index (χ2n) is 3.56. The molecule has 0 amide bonds. The number of rotatable bonds is 5. The van der Waals surface area contributed by atoms with Gasteiger partial charge in [0.25, 0.3) is 0 Å². The highest BCUT2D eigenvalue weighted by Crippen LogP contribution is 1.92. The summed E-state index contributed by atoms with van der Waals surface area (Å²) in [5.41, 5.74) is 0. The maximum atomic E-state index is 5.23. The summed E-state index contributed by atoms with van der Waals surface area (Å²) in [6, 6.07) is 0. The molecule has 0 aromatic heterocycles. The normalized spacial score (nSPS) is 12.3. The largest absolute Gasteiger partial charge is 0.395 e. The Morgan fingerprint density at radius 3 is 2.40 bits per heavy atom. The molecule has 0 aliphatic rings. The summed E-state index contributed by atoms with van der Waals surface area (Å²) in [6.45, 7) is 5.09. The predicted molar refractivity (Wildman–Crippen MR) is 48.0 cm³/mol. The van der Waals surface area contributed by atoms with Crippen LogP contribution in [0, 0.1) is 0 Å². The van der Waals surface area contributed by atoms with Gasteiger partial charge >= 0.3 is 0 Å². The fourth-order valence-corrected chi connectivity index (χ4v) is 1.10. The van der Waals surface area contributed by atoms with Gasteiger partial charge in [0.1, 0.15) is 0 Å². The third-order valence-electron chi connectivity index (χ3n) is 1.32. The van der Waals surface area contributed by atoms with Crippen molar-refractivity contribution in [1.82, 2.24) is 0 Å². The molecule has 0 rings (SSSR count). The predicted octanol–water partition coefficient (Wildman–Crippen LogP) is -0.230. The first kappa shape index (κ1) is 10.1. The monoisotopic (exact) mass is 162 g/mol. The van der Waals surface area contributed by atoms with Gasteiger partial charge in [0.15, 0.2) is 0 Å². The van der Waals surface area contributed by atoms with Gasteiger partial charge in [-0.25, -0.2) is 0 Å². The van der Waals surface area contributed by atoms with Gasteiger partial charge in [0.05, 0.1) is 27.2 Å². The molecule has 0 aliphatic heterocycles. The van der Waals surface area contributed by atoms with Crippen LogP contribution in [0.1, 0.15) is 13.3 Å². The van der Waals surface area contributed by atoms with Crippen molar-refractivity contribution in [2.75, 3.05) is 33.9 Å². The molecule has 0 aromatic carbocycles. The van der Waals surface area contributed by atoms with Gasteiger partial charge in [-0.15, -0.1) is 0 Å². The Labute approximate surface area is 67.3 Å². The van der Waals surface area contributed by atoms with Crippen LogP contribution in [-0.4, -0.2) is 48.4 Å². The Morgan fingerprint density at radius 1 is 1.40 bits per heavy atom. The molecule has 0 saturated carbocycles. The summed E-state index contributed by atoms with van der Waals surface area (Å²) < 4.78 is 6.41. The lowest BCUT2D eigenvalue weighted by Gasteiger charge is -2.25. The lowest BCUT2D eigenvalue weighted by Crippen LogP contribution is -2.37. The summed E-state index contributed by atoms with van der Waals surface area (Å²) in [5.74, 6) is 0. The third-order valence-corrected chi connectivity index (χ3v) is 1.77. The fraction of sp³-hybridized carbons (Fsp3) is 1.00. The first-order chi connectivity index (χ1) is 4.56. The maximum Gasteiger partial charge on any atom is 0.239 e. The second-order valence-corrected chi connectivity index (χ2v) is 5.99. The summed E-state index contributed by atoms with van der Waals surface area (Å²) in [5, 5.41) is 0. The molecular weight excluding hydrogens is 142 g/mol. The first-order valence-corrected chi connectivity index (χ1v) is 4.84. The van der Waals surface area contributed by atoms with E-state index in [1.54, 1.807) is 0 Å². The minimum Gasteiger partial charge on any atom is -0.395 e.